The first-order valence-corrected chi connectivity index (χ1v) is 8.07. The highest BCUT2D eigenvalue weighted by Gasteiger charge is 2.04. The molecule has 6 heteroatoms. The highest BCUT2D eigenvalue weighted by molar-refractivity contribution is 5.79. The molecule has 0 spiro atoms. The Hall–Kier alpha value is -2.94. The van der Waals surface area contributed by atoms with Crippen LogP contribution >= 0.6 is 0 Å². The van der Waals surface area contributed by atoms with E-state index in [0.29, 0.717) is 24.6 Å². The topological polar surface area (TPSA) is 60.2 Å². The highest BCUT2D eigenvalue weighted by Crippen LogP contribution is 2.11. The number of guanidine groups is 1. The molecular weight excluding hydrogens is 322 g/mol. The van der Waals surface area contributed by atoms with Crippen LogP contribution in [0.2, 0.25) is 0 Å². The normalized spacial score (nSPS) is 11.0. The predicted octanol–water partition coefficient (Wildman–Crippen LogP) is 3.13. The molecule has 0 aromatic heterocycles. The largest absolute Gasteiger partial charge is 0.357 e. The summed E-state index contributed by atoms with van der Waals surface area (Å²) in [4.78, 5) is 4.36. The quantitative estimate of drug-likeness (QED) is 0.626. The van der Waals surface area contributed by atoms with Gasteiger partial charge in [0, 0.05) is 18.7 Å². The van der Waals surface area contributed by atoms with E-state index in [1.807, 2.05) is 13.0 Å². The Morgan fingerprint density at radius 2 is 1.88 bits per heavy atom. The van der Waals surface area contributed by atoms with Crippen LogP contribution in [0.25, 0.3) is 0 Å². The van der Waals surface area contributed by atoms with Crippen molar-refractivity contribution in [3.8, 4) is 6.07 Å². The summed E-state index contributed by atoms with van der Waals surface area (Å²) >= 11 is 0. The standard InChI is InChI=1S/C19H20F2N4/c1-2-23-19(24-10-9-14-4-7-17(20)8-5-14)25-13-16-6-3-15(12-22)11-18(16)21/h3-8,11H,2,9-10,13H2,1H3,(H2,23,24,25). The summed E-state index contributed by atoms with van der Waals surface area (Å²) in [5.41, 5.74) is 1.73. The predicted molar refractivity (Wildman–Crippen MR) is 94.0 cm³/mol. The second kappa shape index (κ2) is 9.38. The highest BCUT2D eigenvalue weighted by atomic mass is 19.1. The van der Waals surface area contributed by atoms with E-state index in [1.165, 1.54) is 18.2 Å². The molecule has 0 fully saturated rings. The first kappa shape index (κ1) is 18.4. The first-order valence-electron chi connectivity index (χ1n) is 8.07. The lowest BCUT2D eigenvalue weighted by Gasteiger charge is -2.11. The lowest BCUT2D eigenvalue weighted by Crippen LogP contribution is -2.38. The van der Waals surface area contributed by atoms with Crippen LogP contribution in [-0.4, -0.2) is 19.0 Å². The molecule has 0 bridgehead atoms. The molecule has 0 heterocycles. The van der Waals surface area contributed by atoms with Crippen LogP contribution in [0.3, 0.4) is 0 Å². The van der Waals surface area contributed by atoms with Crippen LogP contribution in [0, 0.1) is 23.0 Å². The number of halogens is 2. The van der Waals surface area contributed by atoms with Gasteiger partial charge in [0.1, 0.15) is 11.6 Å². The molecule has 130 valence electrons. The zero-order chi connectivity index (χ0) is 18.1. The number of nitrogens with zero attached hydrogens (tertiary/aromatic N) is 2. The van der Waals surface area contributed by atoms with Crippen molar-refractivity contribution in [3.63, 3.8) is 0 Å². The van der Waals surface area contributed by atoms with E-state index in [-0.39, 0.29) is 17.9 Å². The van der Waals surface area contributed by atoms with Gasteiger partial charge in [-0.3, -0.25) is 0 Å². The van der Waals surface area contributed by atoms with Gasteiger partial charge in [0.05, 0.1) is 18.2 Å². The Bertz CT molecular complexity index is 764. The van der Waals surface area contributed by atoms with Gasteiger partial charge in [-0.25, -0.2) is 13.8 Å². The summed E-state index contributed by atoms with van der Waals surface area (Å²) in [7, 11) is 0. The molecule has 0 radical (unpaired) electrons. The average molecular weight is 342 g/mol. The number of hydrogen-bond acceptors (Lipinski definition) is 2. The molecule has 0 saturated carbocycles. The van der Waals surface area contributed by atoms with Crippen LogP contribution in [0.5, 0.6) is 0 Å². The Morgan fingerprint density at radius 1 is 1.12 bits per heavy atom. The zero-order valence-corrected chi connectivity index (χ0v) is 14.0. The van der Waals surface area contributed by atoms with Gasteiger partial charge in [-0.2, -0.15) is 5.26 Å². The van der Waals surface area contributed by atoms with E-state index >= 15 is 0 Å². The molecule has 0 aliphatic carbocycles. The Kier molecular flexibility index (Phi) is 6.90. The number of rotatable bonds is 6. The average Bonchev–Trinajstić information content (AvgIpc) is 2.62. The number of nitriles is 1. The second-order valence-corrected chi connectivity index (χ2v) is 5.42. The summed E-state index contributed by atoms with van der Waals surface area (Å²) in [5, 5.41) is 15.0. The van der Waals surface area contributed by atoms with Crippen LogP contribution in [0.15, 0.2) is 47.5 Å². The van der Waals surface area contributed by atoms with Crippen molar-refractivity contribution in [1.82, 2.24) is 10.6 Å². The van der Waals surface area contributed by atoms with Crippen LogP contribution < -0.4 is 10.6 Å². The molecule has 2 aromatic carbocycles. The molecule has 0 unspecified atom stereocenters. The SMILES string of the molecule is CCNC(=NCc1ccc(C#N)cc1F)NCCc1ccc(F)cc1. The van der Waals surface area contributed by atoms with Crippen molar-refractivity contribution in [1.29, 1.82) is 5.26 Å². The maximum absolute atomic E-state index is 13.9. The fraction of sp³-hybridized carbons (Fsp3) is 0.263. The van der Waals surface area contributed by atoms with Crippen molar-refractivity contribution in [2.75, 3.05) is 13.1 Å². The number of aliphatic imine (C=N–C) groups is 1. The fourth-order valence-electron chi connectivity index (χ4n) is 2.23. The Labute approximate surface area is 146 Å². The summed E-state index contributed by atoms with van der Waals surface area (Å²) < 4.78 is 26.8. The van der Waals surface area contributed by atoms with E-state index in [2.05, 4.69) is 15.6 Å². The van der Waals surface area contributed by atoms with Crippen LogP contribution in [0.4, 0.5) is 8.78 Å². The molecular formula is C19H20F2N4. The first-order chi connectivity index (χ1) is 12.1. The molecule has 2 rings (SSSR count). The van der Waals surface area contributed by atoms with Crippen molar-refractivity contribution in [2.24, 2.45) is 4.99 Å². The van der Waals surface area contributed by atoms with E-state index in [1.54, 1.807) is 24.3 Å². The van der Waals surface area contributed by atoms with Gasteiger partial charge >= 0.3 is 0 Å². The Balaban J connectivity index is 1.93. The van der Waals surface area contributed by atoms with Gasteiger partial charge in [0.25, 0.3) is 0 Å². The molecule has 2 N–H and O–H groups in total. The lowest BCUT2D eigenvalue weighted by atomic mass is 10.1. The maximum atomic E-state index is 13.9. The van der Waals surface area contributed by atoms with Gasteiger partial charge in [-0.1, -0.05) is 18.2 Å². The van der Waals surface area contributed by atoms with Crippen LogP contribution in [0.1, 0.15) is 23.6 Å². The number of nitrogens with one attached hydrogen (secondary N) is 2. The van der Waals surface area contributed by atoms with Gasteiger partial charge in [0.2, 0.25) is 0 Å². The van der Waals surface area contributed by atoms with Gasteiger partial charge in [-0.15, -0.1) is 0 Å². The summed E-state index contributed by atoms with van der Waals surface area (Å²) in [6.07, 6.45) is 0.718. The smallest absolute Gasteiger partial charge is 0.191 e. The van der Waals surface area contributed by atoms with Crippen molar-refractivity contribution >= 4 is 5.96 Å². The minimum Gasteiger partial charge on any atom is -0.357 e. The molecule has 0 amide bonds. The van der Waals surface area contributed by atoms with E-state index in [0.717, 1.165) is 12.0 Å². The summed E-state index contributed by atoms with van der Waals surface area (Å²) in [6.45, 7) is 3.41. The van der Waals surface area contributed by atoms with Crippen LogP contribution in [-0.2, 0) is 13.0 Å². The zero-order valence-electron chi connectivity index (χ0n) is 14.0. The third-order valence-corrected chi connectivity index (χ3v) is 3.55. The molecule has 0 saturated heterocycles. The van der Waals surface area contributed by atoms with Crippen molar-refractivity contribution < 1.29 is 8.78 Å². The third-order valence-electron chi connectivity index (χ3n) is 3.55. The van der Waals surface area contributed by atoms with Gasteiger partial charge < -0.3 is 10.6 Å². The van der Waals surface area contributed by atoms with Crippen molar-refractivity contribution in [2.45, 2.75) is 19.9 Å². The lowest BCUT2D eigenvalue weighted by molar-refractivity contribution is 0.609. The van der Waals surface area contributed by atoms with Gasteiger partial charge in [0.15, 0.2) is 5.96 Å². The monoisotopic (exact) mass is 342 g/mol. The van der Waals surface area contributed by atoms with Crippen molar-refractivity contribution in [3.05, 3.63) is 70.8 Å². The fourth-order valence-corrected chi connectivity index (χ4v) is 2.23. The molecule has 25 heavy (non-hydrogen) atoms. The van der Waals surface area contributed by atoms with E-state index in [9.17, 15) is 8.78 Å². The minimum absolute atomic E-state index is 0.170. The molecule has 0 aliphatic heterocycles. The molecule has 4 nitrogen and oxygen atoms in total. The molecule has 0 aliphatic rings. The summed E-state index contributed by atoms with van der Waals surface area (Å²) in [6, 6.07) is 12.6. The van der Waals surface area contributed by atoms with E-state index in [4.69, 9.17) is 5.26 Å². The third kappa shape index (κ3) is 5.88. The molecule has 2 aromatic rings. The van der Waals surface area contributed by atoms with E-state index < -0.39 is 5.82 Å². The van der Waals surface area contributed by atoms with Gasteiger partial charge in [-0.05, 0) is 43.2 Å². The Morgan fingerprint density at radius 3 is 2.52 bits per heavy atom. The second-order valence-electron chi connectivity index (χ2n) is 5.42. The number of hydrogen-bond donors (Lipinski definition) is 2. The maximum Gasteiger partial charge on any atom is 0.191 e. The number of benzene rings is 2. The molecule has 0 atom stereocenters. The summed E-state index contributed by atoms with van der Waals surface area (Å²) in [5.74, 6) is -0.116. The minimum atomic E-state index is -0.440.